The molecular formula is C31H36F3N3O4S. The summed E-state index contributed by atoms with van der Waals surface area (Å²) in [6.07, 6.45) is -4.37. The highest BCUT2D eigenvalue weighted by molar-refractivity contribution is 7.92. The molecule has 3 aromatic rings. The first-order valence-corrected chi connectivity index (χ1v) is 14.8. The van der Waals surface area contributed by atoms with E-state index in [1.807, 2.05) is 30.3 Å². The lowest BCUT2D eigenvalue weighted by atomic mass is 10.1. The number of carbonyl (C=O) groups excluding carboxylic acids is 2. The first kappa shape index (κ1) is 32.7. The third kappa shape index (κ3) is 8.58. The van der Waals surface area contributed by atoms with Crippen LogP contribution in [0.3, 0.4) is 0 Å². The van der Waals surface area contributed by atoms with Gasteiger partial charge in [-0.1, -0.05) is 54.1 Å². The van der Waals surface area contributed by atoms with Gasteiger partial charge in [-0.15, -0.1) is 0 Å². The number of alkyl halides is 3. The van der Waals surface area contributed by atoms with Crippen molar-refractivity contribution in [3.05, 3.63) is 95.6 Å². The van der Waals surface area contributed by atoms with Gasteiger partial charge in [0.1, 0.15) is 12.6 Å². The van der Waals surface area contributed by atoms with Crippen LogP contribution in [0.2, 0.25) is 0 Å². The van der Waals surface area contributed by atoms with Crippen LogP contribution in [0.5, 0.6) is 0 Å². The molecule has 1 N–H and O–H groups in total. The molecule has 0 aliphatic heterocycles. The van der Waals surface area contributed by atoms with Crippen molar-refractivity contribution in [1.29, 1.82) is 0 Å². The lowest BCUT2D eigenvalue weighted by molar-refractivity contribution is -0.139. The Labute approximate surface area is 245 Å². The topological polar surface area (TPSA) is 86.8 Å². The summed E-state index contributed by atoms with van der Waals surface area (Å²) in [5.41, 5.74) is -0.315. The summed E-state index contributed by atoms with van der Waals surface area (Å²) in [5.74, 6) is -1.19. The summed E-state index contributed by atoms with van der Waals surface area (Å²) in [7, 11) is -4.49. The maximum atomic E-state index is 13.9. The lowest BCUT2D eigenvalue weighted by Gasteiger charge is -2.33. The number of anilines is 1. The Morgan fingerprint density at radius 2 is 1.52 bits per heavy atom. The predicted octanol–water partition coefficient (Wildman–Crippen LogP) is 5.58. The van der Waals surface area contributed by atoms with Crippen molar-refractivity contribution >= 4 is 27.5 Å². The third-order valence-corrected chi connectivity index (χ3v) is 8.29. The number of aryl methyl sites for hydroxylation is 1. The van der Waals surface area contributed by atoms with Gasteiger partial charge in [0.2, 0.25) is 11.8 Å². The van der Waals surface area contributed by atoms with Crippen LogP contribution in [0.15, 0.2) is 83.8 Å². The van der Waals surface area contributed by atoms with E-state index in [4.69, 9.17) is 0 Å². The average molecular weight is 604 g/mol. The second kappa shape index (κ2) is 13.0. The first-order chi connectivity index (χ1) is 19.5. The van der Waals surface area contributed by atoms with E-state index < -0.39 is 51.7 Å². The normalized spacial score (nSPS) is 12.9. The number of hydrogen-bond donors (Lipinski definition) is 1. The molecule has 0 aliphatic rings. The summed E-state index contributed by atoms with van der Waals surface area (Å²) < 4.78 is 69.1. The monoisotopic (exact) mass is 603 g/mol. The Hall–Kier alpha value is -3.86. The van der Waals surface area contributed by atoms with Crippen LogP contribution >= 0.6 is 0 Å². The summed E-state index contributed by atoms with van der Waals surface area (Å²) in [5, 5.41) is 2.83. The SMILES string of the molecule is Cc1ccc(S(=O)(=O)N(CC(=O)N(CCc2ccccc2)[C@H](C)C(=O)NC(C)(C)C)c2cccc(C(F)(F)F)c2)cc1. The largest absolute Gasteiger partial charge is 0.416 e. The number of amides is 2. The molecule has 0 spiro atoms. The lowest BCUT2D eigenvalue weighted by Crippen LogP contribution is -2.55. The third-order valence-electron chi connectivity index (χ3n) is 6.50. The zero-order chi connectivity index (χ0) is 31.3. The van der Waals surface area contributed by atoms with Crippen LogP contribution in [0.4, 0.5) is 18.9 Å². The summed E-state index contributed by atoms with van der Waals surface area (Å²) in [4.78, 5) is 28.1. The molecule has 0 bridgehead atoms. The molecule has 226 valence electrons. The van der Waals surface area contributed by atoms with Crippen LogP contribution in [0.25, 0.3) is 0 Å². The van der Waals surface area contributed by atoms with Crippen molar-refractivity contribution < 1.29 is 31.2 Å². The molecule has 11 heteroatoms. The van der Waals surface area contributed by atoms with Crippen LogP contribution in [0, 0.1) is 6.92 Å². The minimum absolute atomic E-state index is 0.0720. The standard InChI is InChI=1S/C31H36F3N3O4S/c1-22-14-16-27(17-15-22)42(40,41)37(26-13-9-12-25(20-26)31(32,33)34)21-28(38)36(19-18-24-10-7-6-8-11-24)23(2)29(39)35-30(3,4)5/h6-17,20,23H,18-19,21H2,1-5H3,(H,35,39)/t23-/m1/s1. The van der Waals surface area contributed by atoms with Crippen LogP contribution in [0.1, 0.15) is 44.4 Å². The van der Waals surface area contributed by atoms with Crippen molar-refractivity contribution in [3.8, 4) is 0 Å². The maximum absolute atomic E-state index is 13.9. The number of sulfonamides is 1. The van der Waals surface area contributed by atoms with Gasteiger partial charge in [-0.2, -0.15) is 13.2 Å². The smallest absolute Gasteiger partial charge is 0.350 e. The number of nitrogens with zero attached hydrogens (tertiary/aromatic N) is 2. The Morgan fingerprint density at radius 3 is 2.10 bits per heavy atom. The van der Waals surface area contributed by atoms with Crippen LogP contribution in [-0.4, -0.2) is 49.8 Å². The zero-order valence-electron chi connectivity index (χ0n) is 24.3. The molecule has 0 aliphatic carbocycles. The minimum atomic E-state index is -4.74. The molecule has 2 amide bonds. The van der Waals surface area contributed by atoms with Gasteiger partial charge in [0.25, 0.3) is 10.0 Å². The number of hydrogen-bond acceptors (Lipinski definition) is 4. The quantitative estimate of drug-likeness (QED) is 0.328. The molecule has 7 nitrogen and oxygen atoms in total. The Balaban J connectivity index is 2.05. The van der Waals surface area contributed by atoms with Crippen LogP contribution < -0.4 is 9.62 Å². The van der Waals surface area contributed by atoms with Gasteiger partial charge in [0.05, 0.1) is 16.1 Å². The number of benzene rings is 3. The second-order valence-electron chi connectivity index (χ2n) is 11.1. The molecule has 3 rings (SSSR count). The highest BCUT2D eigenvalue weighted by Gasteiger charge is 2.35. The molecule has 0 saturated carbocycles. The Morgan fingerprint density at radius 1 is 0.905 bits per heavy atom. The molecule has 0 aromatic heterocycles. The molecule has 0 radical (unpaired) electrons. The van der Waals surface area contributed by atoms with Gasteiger partial charge in [0.15, 0.2) is 0 Å². The van der Waals surface area contributed by atoms with Gasteiger partial charge in [-0.3, -0.25) is 13.9 Å². The van der Waals surface area contributed by atoms with Gasteiger partial charge in [-0.05, 0) is 76.9 Å². The molecule has 3 aromatic carbocycles. The summed E-state index contributed by atoms with van der Waals surface area (Å²) in [6, 6.07) is 17.8. The Bertz CT molecular complexity index is 1490. The molecule has 0 fully saturated rings. The summed E-state index contributed by atoms with van der Waals surface area (Å²) >= 11 is 0. The molecule has 42 heavy (non-hydrogen) atoms. The fourth-order valence-electron chi connectivity index (χ4n) is 4.25. The van der Waals surface area contributed by atoms with E-state index in [9.17, 15) is 31.2 Å². The van der Waals surface area contributed by atoms with Crippen molar-refractivity contribution in [1.82, 2.24) is 10.2 Å². The zero-order valence-corrected chi connectivity index (χ0v) is 25.1. The highest BCUT2D eigenvalue weighted by atomic mass is 32.2. The van der Waals surface area contributed by atoms with Crippen molar-refractivity contribution in [3.63, 3.8) is 0 Å². The van der Waals surface area contributed by atoms with E-state index in [0.717, 1.165) is 23.3 Å². The molecule has 1 atom stereocenters. The molecule has 0 heterocycles. The summed E-state index contributed by atoms with van der Waals surface area (Å²) in [6.45, 7) is 7.92. The van der Waals surface area contributed by atoms with E-state index in [-0.39, 0.29) is 17.1 Å². The molecular weight excluding hydrogens is 567 g/mol. The molecule has 0 unspecified atom stereocenters. The van der Waals surface area contributed by atoms with E-state index in [0.29, 0.717) is 16.8 Å². The van der Waals surface area contributed by atoms with Gasteiger partial charge >= 0.3 is 6.18 Å². The van der Waals surface area contributed by atoms with Crippen molar-refractivity contribution in [2.45, 2.75) is 63.7 Å². The van der Waals surface area contributed by atoms with Crippen molar-refractivity contribution in [2.75, 3.05) is 17.4 Å². The van der Waals surface area contributed by atoms with Crippen LogP contribution in [-0.2, 0) is 32.2 Å². The fourth-order valence-corrected chi connectivity index (χ4v) is 5.65. The second-order valence-corrected chi connectivity index (χ2v) is 13.0. The van der Waals surface area contributed by atoms with Crippen molar-refractivity contribution in [2.24, 2.45) is 0 Å². The number of rotatable bonds is 10. The Kier molecular flexibility index (Phi) is 10.1. The first-order valence-electron chi connectivity index (χ1n) is 13.4. The van der Waals surface area contributed by atoms with E-state index >= 15 is 0 Å². The van der Waals surface area contributed by atoms with E-state index in [1.54, 1.807) is 39.8 Å². The van der Waals surface area contributed by atoms with Gasteiger partial charge in [0, 0.05) is 12.1 Å². The molecule has 0 saturated heterocycles. The van der Waals surface area contributed by atoms with Gasteiger partial charge in [-0.25, -0.2) is 8.42 Å². The number of carbonyl (C=O) groups is 2. The van der Waals surface area contributed by atoms with E-state index in [2.05, 4.69) is 5.32 Å². The minimum Gasteiger partial charge on any atom is -0.350 e. The van der Waals surface area contributed by atoms with Gasteiger partial charge < -0.3 is 10.2 Å². The highest BCUT2D eigenvalue weighted by Crippen LogP contribution is 2.33. The number of halogens is 3. The predicted molar refractivity (Wildman–Crippen MR) is 156 cm³/mol. The van der Waals surface area contributed by atoms with E-state index in [1.165, 1.54) is 30.0 Å². The average Bonchev–Trinajstić information content (AvgIpc) is 2.91. The maximum Gasteiger partial charge on any atom is 0.416 e. The fraction of sp³-hybridized carbons (Fsp3) is 0.355. The number of nitrogens with one attached hydrogen (secondary N) is 1.